The summed E-state index contributed by atoms with van der Waals surface area (Å²) in [5, 5.41) is 3.47. The summed E-state index contributed by atoms with van der Waals surface area (Å²) in [6, 6.07) is 8.84. The molecule has 0 amide bonds. The molecule has 19 heavy (non-hydrogen) atoms. The Morgan fingerprint density at radius 3 is 2.74 bits per heavy atom. The van der Waals surface area contributed by atoms with E-state index in [-0.39, 0.29) is 0 Å². The standard InChI is InChI=1S/C17H27NO/c1-5-10-19-17-9-7-8-16(12-17)11-15(6-2)13-18-14(3)4/h7-9,11-12,14,18H,5-6,10,13H2,1-4H3. The molecule has 0 unspecified atom stereocenters. The Hall–Kier alpha value is -1.28. The van der Waals surface area contributed by atoms with Gasteiger partial charge in [0.15, 0.2) is 0 Å². The molecule has 0 atom stereocenters. The molecule has 2 nitrogen and oxygen atoms in total. The van der Waals surface area contributed by atoms with Crippen LogP contribution >= 0.6 is 0 Å². The van der Waals surface area contributed by atoms with Crippen molar-refractivity contribution in [1.29, 1.82) is 0 Å². The average Bonchev–Trinajstić information content (AvgIpc) is 2.41. The molecule has 0 saturated heterocycles. The van der Waals surface area contributed by atoms with Gasteiger partial charge in [0.25, 0.3) is 0 Å². The van der Waals surface area contributed by atoms with E-state index in [0.29, 0.717) is 6.04 Å². The van der Waals surface area contributed by atoms with E-state index in [1.165, 1.54) is 11.1 Å². The number of rotatable bonds is 8. The fourth-order valence-corrected chi connectivity index (χ4v) is 1.76. The lowest BCUT2D eigenvalue weighted by atomic mass is 10.1. The van der Waals surface area contributed by atoms with Gasteiger partial charge in [-0.1, -0.05) is 51.5 Å². The van der Waals surface area contributed by atoms with Crippen molar-refractivity contribution in [2.24, 2.45) is 0 Å². The van der Waals surface area contributed by atoms with Crippen LogP contribution in [0.2, 0.25) is 0 Å². The van der Waals surface area contributed by atoms with Crippen LogP contribution in [0.5, 0.6) is 5.75 Å². The number of hydrogen-bond donors (Lipinski definition) is 1. The van der Waals surface area contributed by atoms with Crippen LogP contribution < -0.4 is 10.1 Å². The van der Waals surface area contributed by atoms with E-state index in [0.717, 1.165) is 31.7 Å². The molecule has 2 heteroatoms. The van der Waals surface area contributed by atoms with Gasteiger partial charge in [0.2, 0.25) is 0 Å². The highest BCUT2D eigenvalue weighted by atomic mass is 16.5. The molecular formula is C17H27NO. The molecule has 1 aromatic carbocycles. The minimum Gasteiger partial charge on any atom is -0.494 e. The molecule has 1 aromatic rings. The number of benzene rings is 1. The Morgan fingerprint density at radius 1 is 1.32 bits per heavy atom. The fraction of sp³-hybridized carbons (Fsp3) is 0.529. The summed E-state index contributed by atoms with van der Waals surface area (Å²) >= 11 is 0. The molecular weight excluding hydrogens is 234 g/mol. The second kappa shape index (κ2) is 8.76. The van der Waals surface area contributed by atoms with Crippen LogP contribution in [-0.4, -0.2) is 19.2 Å². The highest BCUT2D eigenvalue weighted by molar-refractivity contribution is 5.55. The van der Waals surface area contributed by atoms with Crippen LogP contribution in [0.4, 0.5) is 0 Å². The average molecular weight is 261 g/mol. The van der Waals surface area contributed by atoms with Gasteiger partial charge in [-0.3, -0.25) is 0 Å². The lowest BCUT2D eigenvalue weighted by Gasteiger charge is -2.11. The molecule has 0 saturated carbocycles. The van der Waals surface area contributed by atoms with Crippen molar-refractivity contribution in [2.45, 2.75) is 46.6 Å². The molecule has 0 bridgehead atoms. The largest absolute Gasteiger partial charge is 0.494 e. The molecule has 0 heterocycles. The third-order valence-electron chi connectivity index (χ3n) is 2.89. The second-order valence-corrected chi connectivity index (χ2v) is 5.11. The van der Waals surface area contributed by atoms with Gasteiger partial charge >= 0.3 is 0 Å². The fourth-order valence-electron chi connectivity index (χ4n) is 1.76. The topological polar surface area (TPSA) is 21.3 Å². The van der Waals surface area contributed by atoms with Gasteiger partial charge in [-0.25, -0.2) is 0 Å². The molecule has 0 spiro atoms. The first-order chi connectivity index (χ1) is 9.15. The van der Waals surface area contributed by atoms with E-state index in [1.54, 1.807) is 0 Å². The van der Waals surface area contributed by atoms with Crippen molar-refractivity contribution in [3.63, 3.8) is 0 Å². The normalized spacial score (nSPS) is 11.9. The van der Waals surface area contributed by atoms with Gasteiger partial charge in [-0.15, -0.1) is 0 Å². The van der Waals surface area contributed by atoms with E-state index in [9.17, 15) is 0 Å². The lowest BCUT2D eigenvalue weighted by molar-refractivity contribution is 0.317. The van der Waals surface area contributed by atoms with Crippen molar-refractivity contribution < 1.29 is 4.74 Å². The molecule has 0 fully saturated rings. The lowest BCUT2D eigenvalue weighted by Crippen LogP contribution is -2.24. The van der Waals surface area contributed by atoms with Crippen LogP contribution in [0.3, 0.4) is 0 Å². The van der Waals surface area contributed by atoms with E-state index >= 15 is 0 Å². The zero-order valence-corrected chi connectivity index (χ0v) is 12.7. The Labute approximate surface area is 117 Å². The Bertz CT molecular complexity index is 396. The van der Waals surface area contributed by atoms with Crippen molar-refractivity contribution in [2.75, 3.05) is 13.2 Å². The molecule has 1 N–H and O–H groups in total. The zero-order valence-electron chi connectivity index (χ0n) is 12.7. The van der Waals surface area contributed by atoms with E-state index in [1.807, 2.05) is 6.07 Å². The molecule has 106 valence electrons. The summed E-state index contributed by atoms with van der Waals surface area (Å²) in [7, 11) is 0. The number of nitrogens with one attached hydrogen (secondary N) is 1. The van der Waals surface area contributed by atoms with Gasteiger partial charge in [-0.2, -0.15) is 0 Å². The quantitative estimate of drug-likeness (QED) is 0.754. The van der Waals surface area contributed by atoms with Gasteiger partial charge in [-0.05, 0) is 30.5 Å². The van der Waals surface area contributed by atoms with Crippen molar-refractivity contribution >= 4 is 6.08 Å². The van der Waals surface area contributed by atoms with Gasteiger partial charge in [0, 0.05) is 12.6 Å². The highest BCUT2D eigenvalue weighted by Crippen LogP contribution is 2.17. The van der Waals surface area contributed by atoms with E-state index in [4.69, 9.17) is 4.74 Å². The second-order valence-electron chi connectivity index (χ2n) is 5.11. The van der Waals surface area contributed by atoms with Gasteiger partial charge < -0.3 is 10.1 Å². The highest BCUT2D eigenvalue weighted by Gasteiger charge is 1.99. The number of ether oxygens (including phenoxy) is 1. The Morgan fingerprint density at radius 2 is 2.11 bits per heavy atom. The van der Waals surface area contributed by atoms with Crippen LogP contribution in [0.1, 0.15) is 46.1 Å². The maximum absolute atomic E-state index is 5.66. The van der Waals surface area contributed by atoms with Crippen molar-refractivity contribution in [3.05, 3.63) is 35.4 Å². The molecule has 0 radical (unpaired) electrons. The molecule has 1 rings (SSSR count). The van der Waals surface area contributed by atoms with Gasteiger partial charge in [0.05, 0.1) is 6.61 Å². The van der Waals surface area contributed by atoms with E-state index < -0.39 is 0 Å². The third kappa shape index (κ3) is 6.44. The minimum atomic E-state index is 0.522. The van der Waals surface area contributed by atoms with Crippen LogP contribution in [-0.2, 0) is 0 Å². The van der Waals surface area contributed by atoms with Crippen LogP contribution in [0, 0.1) is 0 Å². The predicted molar refractivity (Wildman–Crippen MR) is 83.6 cm³/mol. The Kier molecular flexibility index (Phi) is 7.27. The molecule has 0 aliphatic rings. The smallest absolute Gasteiger partial charge is 0.119 e. The van der Waals surface area contributed by atoms with Crippen LogP contribution in [0.25, 0.3) is 6.08 Å². The first-order valence-corrected chi connectivity index (χ1v) is 7.31. The monoisotopic (exact) mass is 261 g/mol. The first kappa shape index (κ1) is 15.8. The van der Waals surface area contributed by atoms with Gasteiger partial charge in [0.1, 0.15) is 5.75 Å². The summed E-state index contributed by atoms with van der Waals surface area (Å²) in [5.41, 5.74) is 2.64. The molecule has 0 aliphatic carbocycles. The molecule has 0 aliphatic heterocycles. The summed E-state index contributed by atoms with van der Waals surface area (Å²) < 4.78 is 5.66. The van der Waals surface area contributed by atoms with Crippen molar-refractivity contribution in [1.82, 2.24) is 5.32 Å². The third-order valence-corrected chi connectivity index (χ3v) is 2.89. The first-order valence-electron chi connectivity index (χ1n) is 7.31. The van der Waals surface area contributed by atoms with E-state index in [2.05, 4.69) is 57.3 Å². The zero-order chi connectivity index (χ0) is 14.1. The van der Waals surface area contributed by atoms with Crippen LogP contribution in [0.15, 0.2) is 29.8 Å². The summed E-state index contributed by atoms with van der Waals surface area (Å²) in [4.78, 5) is 0. The predicted octanol–water partition coefficient (Wildman–Crippen LogP) is 4.27. The minimum absolute atomic E-state index is 0.522. The summed E-state index contributed by atoms with van der Waals surface area (Å²) in [6.07, 6.45) is 4.37. The SMILES string of the molecule is CCCOc1cccc(C=C(CC)CNC(C)C)c1. The summed E-state index contributed by atoms with van der Waals surface area (Å²) in [6.45, 7) is 10.4. The van der Waals surface area contributed by atoms with Crippen molar-refractivity contribution in [3.8, 4) is 5.75 Å². The maximum Gasteiger partial charge on any atom is 0.119 e. The Balaban J connectivity index is 2.71. The molecule has 0 aromatic heterocycles. The summed E-state index contributed by atoms with van der Waals surface area (Å²) in [5.74, 6) is 0.961. The maximum atomic E-state index is 5.66. The number of hydrogen-bond acceptors (Lipinski definition) is 2.